The standard InChI is InChI=1S/C5H11NO.Cr/c1-3-6(4-2)5-7;/h7H,3-4H2,1-2H3;. The molecule has 1 N–H and O–H groups in total. The minimum atomic E-state index is 0.287. The quantitative estimate of drug-likeness (QED) is 0.631. The van der Waals surface area contributed by atoms with Crippen molar-refractivity contribution in [3.05, 3.63) is 0 Å². The van der Waals surface area contributed by atoms with Gasteiger partial charge in [-0.2, -0.15) is 0 Å². The fourth-order valence-electron chi connectivity index (χ4n) is 0.494. The van der Waals surface area contributed by atoms with E-state index >= 15 is 0 Å². The number of nitrogens with zero attached hydrogens (tertiary/aromatic N) is 1. The number of rotatable bonds is 3. The molecule has 8 heavy (non-hydrogen) atoms. The third-order valence-corrected chi connectivity index (χ3v) is 1.44. The third kappa shape index (κ3) is 2.59. The van der Waals surface area contributed by atoms with E-state index in [1.807, 2.05) is 18.7 Å². The van der Waals surface area contributed by atoms with Crippen molar-refractivity contribution in [3.63, 3.8) is 0 Å². The normalized spacial score (nSPS) is 10.0. The summed E-state index contributed by atoms with van der Waals surface area (Å²) < 4.78 is 0.287. The maximum atomic E-state index is 8.80. The van der Waals surface area contributed by atoms with E-state index in [4.69, 9.17) is 5.11 Å². The van der Waals surface area contributed by atoms with Crippen molar-refractivity contribution in [1.29, 1.82) is 0 Å². The molecule has 0 aromatic carbocycles. The van der Waals surface area contributed by atoms with Crippen LogP contribution in [0.3, 0.4) is 0 Å². The van der Waals surface area contributed by atoms with Crippen LogP contribution in [-0.4, -0.2) is 27.8 Å². The first kappa shape index (κ1) is 8.32. The summed E-state index contributed by atoms with van der Waals surface area (Å²) in [6.07, 6.45) is 0. The van der Waals surface area contributed by atoms with E-state index in [0.717, 1.165) is 13.1 Å². The molecule has 0 aliphatic carbocycles. The van der Waals surface area contributed by atoms with Gasteiger partial charge in [0.15, 0.2) is 0 Å². The van der Waals surface area contributed by atoms with Crippen LogP contribution < -0.4 is 0 Å². The van der Waals surface area contributed by atoms with Crippen LogP contribution in [0.1, 0.15) is 13.8 Å². The van der Waals surface area contributed by atoms with Gasteiger partial charge in [-0.1, -0.05) is 0 Å². The molecular weight excluding hydrogens is 142 g/mol. The summed E-state index contributed by atoms with van der Waals surface area (Å²) in [6, 6.07) is 0. The van der Waals surface area contributed by atoms with Crippen LogP contribution in [0.15, 0.2) is 0 Å². The molecule has 0 radical (unpaired) electrons. The van der Waals surface area contributed by atoms with E-state index in [2.05, 4.69) is 15.9 Å². The maximum absolute atomic E-state index is 8.80. The Labute approximate surface area is 58.1 Å². The molecule has 0 amide bonds. The summed E-state index contributed by atoms with van der Waals surface area (Å²) in [5.41, 5.74) is 0. The summed E-state index contributed by atoms with van der Waals surface area (Å²) >= 11 is 2.54. The molecular formula is C5H11CrNO. The Kier molecular flexibility index (Phi) is 4.40. The molecule has 0 saturated carbocycles. The molecule has 0 bridgehead atoms. The topological polar surface area (TPSA) is 23.5 Å². The van der Waals surface area contributed by atoms with Crippen molar-refractivity contribution in [2.24, 2.45) is 0 Å². The van der Waals surface area contributed by atoms with Gasteiger partial charge in [-0.25, -0.2) is 0 Å². The molecule has 0 unspecified atom stereocenters. The van der Waals surface area contributed by atoms with Gasteiger partial charge in [0.1, 0.15) is 0 Å². The van der Waals surface area contributed by atoms with E-state index in [1.165, 1.54) is 0 Å². The molecule has 0 spiro atoms. The van der Waals surface area contributed by atoms with Gasteiger partial charge in [0, 0.05) is 0 Å². The van der Waals surface area contributed by atoms with Crippen LogP contribution in [0, 0.1) is 0 Å². The molecule has 0 aromatic rings. The van der Waals surface area contributed by atoms with Gasteiger partial charge in [-0.3, -0.25) is 0 Å². The van der Waals surface area contributed by atoms with E-state index in [9.17, 15) is 0 Å². The van der Waals surface area contributed by atoms with Crippen molar-refractivity contribution in [2.45, 2.75) is 13.8 Å². The summed E-state index contributed by atoms with van der Waals surface area (Å²) in [5.74, 6) is 0. The van der Waals surface area contributed by atoms with Gasteiger partial charge < -0.3 is 0 Å². The molecule has 0 atom stereocenters. The van der Waals surface area contributed by atoms with E-state index in [-0.39, 0.29) is 4.69 Å². The molecule has 3 heteroatoms. The first-order valence-electron chi connectivity index (χ1n) is 2.70. The van der Waals surface area contributed by atoms with E-state index in [0.29, 0.717) is 0 Å². The number of aliphatic hydroxyl groups is 1. The molecule has 0 aromatic heterocycles. The molecule has 0 saturated heterocycles. The zero-order valence-corrected chi connectivity index (χ0v) is 6.49. The van der Waals surface area contributed by atoms with Gasteiger partial charge in [0.2, 0.25) is 0 Å². The summed E-state index contributed by atoms with van der Waals surface area (Å²) in [6.45, 7) is 5.71. The molecule has 2 nitrogen and oxygen atoms in total. The fourth-order valence-corrected chi connectivity index (χ4v) is 0.897. The Bertz CT molecular complexity index is 80.5. The molecule has 0 heterocycles. The summed E-state index contributed by atoms with van der Waals surface area (Å²) in [4.78, 5) is 1.83. The molecule has 0 rings (SSSR count). The van der Waals surface area contributed by atoms with Crippen LogP contribution in [0.4, 0.5) is 0 Å². The molecule has 0 aliphatic rings. The monoisotopic (exact) mass is 153 g/mol. The Hall–Kier alpha value is 0.322. The van der Waals surface area contributed by atoms with Crippen LogP contribution in [0.2, 0.25) is 0 Å². The fraction of sp³-hybridized carbons (Fsp3) is 0.800. The van der Waals surface area contributed by atoms with Crippen molar-refractivity contribution in [3.8, 4) is 0 Å². The van der Waals surface area contributed by atoms with Crippen molar-refractivity contribution in [2.75, 3.05) is 13.1 Å². The zero-order chi connectivity index (χ0) is 6.57. The van der Waals surface area contributed by atoms with Gasteiger partial charge in [-0.05, 0) is 0 Å². The molecule has 48 valence electrons. The van der Waals surface area contributed by atoms with Crippen LogP contribution in [0.25, 0.3) is 0 Å². The Balaban J connectivity index is 3.52. The second kappa shape index (κ2) is 4.23. The Morgan fingerprint density at radius 1 is 1.50 bits per heavy atom. The number of aliphatic hydroxyl groups excluding tert-OH is 1. The summed E-state index contributed by atoms with van der Waals surface area (Å²) in [7, 11) is 0. The van der Waals surface area contributed by atoms with Gasteiger partial charge in [0.25, 0.3) is 0 Å². The van der Waals surface area contributed by atoms with Crippen LogP contribution >= 0.6 is 0 Å². The van der Waals surface area contributed by atoms with Crippen LogP contribution in [0.5, 0.6) is 0 Å². The van der Waals surface area contributed by atoms with Crippen molar-refractivity contribution >= 4 is 4.69 Å². The molecule has 0 aliphatic heterocycles. The first-order valence-corrected chi connectivity index (χ1v) is 3.34. The van der Waals surface area contributed by atoms with E-state index < -0.39 is 0 Å². The zero-order valence-electron chi connectivity index (χ0n) is 5.22. The van der Waals surface area contributed by atoms with Crippen LogP contribution in [-0.2, 0) is 15.9 Å². The average Bonchev–Trinajstić information content (AvgIpc) is 1.69. The SMILES string of the molecule is CCN(CC)[C](O)=[Cr]. The predicted octanol–water partition coefficient (Wildman–Crippen LogP) is 0.335. The molecule has 0 fully saturated rings. The number of hydrogen-bond acceptors (Lipinski definition) is 2. The van der Waals surface area contributed by atoms with Crippen molar-refractivity contribution < 1.29 is 21.0 Å². The first-order chi connectivity index (χ1) is 3.72. The van der Waals surface area contributed by atoms with Gasteiger partial charge >= 0.3 is 57.5 Å². The Morgan fingerprint density at radius 2 is 1.88 bits per heavy atom. The minimum absolute atomic E-state index is 0.287. The third-order valence-electron chi connectivity index (χ3n) is 1.03. The summed E-state index contributed by atoms with van der Waals surface area (Å²) in [5, 5.41) is 8.80. The van der Waals surface area contributed by atoms with E-state index in [1.54, 1.807) is 0 Å². The van der Waals surface area contributed by atoms with Gasteiger partial charge in [-0.15, -0.1) is 0 Å². The predicted molar refractivity (Wildman–Crippen MR) is 29.9 cm³/mol. The van der Waals surface area contributed by atoms with Crippen molar-refractivity contribution in [1.82, 2.24) is 4.90 Å². The second-order valence-corrected chi connectivity index (χ2v) is 2.03. The average molecular weight is 153 g/mol. The second-order valence-electron chi connectivity index (χ2n) is 1.45. The number of hydrogen-bond donors (Lipinski definition) is 1. The van der Waals surface area contributed by atoms with Gasteiger partial charge in [0.05, 0.1) is 0 Å². The Morgan fingerprint density at radius 3 is 1.88 bits per heavy atom.